The summed E-state index contributed by atoms with van der Waals surface area (Å²) in [5.41, 5.74) is 6.95. The van der Waals surface area contributed by atoms with Gasteiger partial charge in [-0.3, -0.25) is 4.79 Å². The molecule has 0 aliphatic carbocycles. The largest absolute Gasteiger partial charge is 0.338 e. The molecule has 118 valence electrons. The Morgan fingerprint density at radius 3 is 2.57 bits per heavy atom. The minimum absolute atomic E-state index is 0. The van der Waals surface area contributed by atoms with Crippen LogP contribution in [0.25, 0.3) is 0 Å². The third kappa shape index (κ3) is 4.69. The Morgan fingerprint density at radius 1 is 1.38 bits per heavy atom. The second kappa shape index (κ2) is 7.24. The number of sulfone groups is 1. The van der Waals surface area contributed by atoms with Crippen molar-refractivity contribution in [2.75, 3.05) is 18.1 Å². The Bertz CT molecular complexity index is 577. The van der Waals surface area contributed by atoms with Crippen molar-refractivity contribution < 1.29 is 13.2 Å². The first-order valence-corrected chi connectivity index (χ1v) is 8.51. The van der Waals surface area contributed by atoms with E-state index in [1.165, 1.54) is 0 Å². The molecular formula is C14H21ClN2O3S. The first-order chi connectivity index (χ1) is 9.39. The standard InChI is InChI=1S/C14H20N2O3S.ClH/c1-11-10-20(18,19)8-7-16(11)14(17)9-13(15)12-5-3-2-4-6-12;/h2-6,11,13H,7-10,15H2,1H3;1H. The molecule has 2 unspecified atom stereocenters. The number of hydrogen-bond acceptors (Lipinski definition) is 4. The van der Waals surface area contributed by atoms with Crippen molar-refractivity contribution in [1.29, 1.82) is 0 Å². The molecule has 0 saturated carbocycles. The number of amides is 1. The van der Waals surface area contributed by atoms with Gasteiger partial charge in [-0.1, -0.05) is 30.3 Å². The number of nitrogens with zero attached hydrogens (tertiary/aromatic N) is 1. The van der Waals surface area contributed by atoms with Gasteiger partial charge in [0.05, 0.1) is 11.5 Å². The van der Waals surface area contributed by atoms with Crippen LogP contribution in [0.2, 0.25) is 0 Å². The van der Waals surface area contributed by atoms with Gasteiger partial charge in [-0.25, -0.2) is 8.42 Å². The van der Waals surface area contributed by atoms with Gasteiger partial charge >= 0.3 is 0 Å². The highest BCUT2D eigenvalue weighted by atomic mass is 35.5. The van der Waals surface area contributed by atoms with E-state index in [-0.39, 0.29) is 54.9 Å². The van der Waals surface area contributed by atoms with E-state index in [0.717, 1.165) is 5.56 Å². The number of carbonyl (C=O) groups excluding carboxylic acids is 1. The highest BCUT2D eigenvalue weighted by Crippen LogP contribution is 2.18. The molecule has 0 spiro atoms. The summed E-state index contributed by atoms with van der Waals surface area (Å²) in [7, 11) is -3.00. The third-order valence-electron chi connectivity index (χ3n) is 3.61. The summed E-state index contributed by atoms with van der Waals surface area (Å²) >= 11 is 0. The normalized spacial score (nSPS) is 22.2. The lowest BCUT2D eigenvalue weighted by molar-refractivity contribution is -0.133. The highest BCUT2D eigenvalue weighted by Gasteiger charge is 2.31. The molecular weight excluding hydrogens is 312 g/mol. The van der Waals surface area contributed by atoms with Gasteiger partial charge in [0.15, 0.2) is 9.84 Å². The molecule has 1 heterocycles. The molecule has 2 N–H and O–H groups in total. The maximum Gasteiger partial charge on any atom is 0.224 e. The van der Waals surface area contributed by atoms with Gasteiger partial charge in [-0.2, -0.15) is 0 Å². The molecule has 1 fully saturated rings. The zero-order chi connectivity index (χ0) is 14.8. The minimum atomic E-state index is -3.00. The lowest BCUT2D eigenvalue weighted by Gasteiger charge is -2.33. The topological polar surface area (TPSA) is 80.5 Å². The number of carbonyl (C=O) groups is 1. The van der Waals surface area contributed by atoms with E-state index in [0.29, 0.717) is 0 Å². The molecule has 2 atom stereocenters. The van der Waals surface area contributed by atoms with Gasteiger partial charge in [0.1, 0.15) is 0 Å². The van der Waals surface area contributed by atoms with E-state index < -0.39 is 9.84 Å². The average Bonchev–Trinajstić information content (AvgIpc) is 2.38. The van der Waals surface area contributed by atoms with Gasteiger partial charge < -0.3 is 10.6 Å². The summed E-state index contributed by atoms with van der Waals surface area (Å²) in [6.45, 7) is 2.03. The number of benzene rings is 1. The summed E-state index contributed by atoms with van der Waals surface area (Å²) in [5.74, 6) is 0.00642. The van der Waals surface area contributed by atoms with E-state index in [4.69, 9.17) is 5.73 Å². The van der Waals surface area contributed by atoms with Crippen molar-refractivity contribution in [3.63, 3.8) is 0 Å². The van der Waals surface area contributed by atoms with Gasteiger partial charge in [0, 0.05) is 25.0 Å². The van der Waals surface area contributed by atoms with E-state index in [2.05, 4.69) is 0 Å². The van der Waals surface area contributed by atoms with Gasteiger partial charge in [-0.05, 0) is 12.5 Å². The fourth-order valence-corrected chi connectivity index (χ4v) is 4.05. The van der Waals surface area contributed by atoms with E-state index >= 15 is 0 Å². The van der Waals surface area contributed by atoms with Gasteiger partial charge in [0.25, 0.3) is 0 Å². The summed E-state index contributed by atoms with van der Waals surface area (Å²) in [5, 5.41) is 0. The van der Waals surface area contributed by atoms with Crippen LogP contribution in [0.4, 0.5) is 0 Å². The lowest BCUT2D eigenvalue weighted by atomic mass is 10.0. The molecule has 1 aromatic carbocycles. The monoisotopic (exact) mass is 332 g/mol. The molecule has 1 aliphatic rings. The molecule has 1 amide bonds. The van der Waals surface area contributed by atoms with Crippen LogP contribution in [-0.2, 0) is 14.6 Å². The Balaban J connectivity index is 0.00000220. The molecule has 1 saturated heterocycles. The Hall–Kier alpha value is -1.11. The molecule has 0 aromatic heterocycles. The molecule has 0 bridgehead atoms. The molecule has 5 nitrogen and oxygen atoms in total. The predicted octanol–water partition coefficient (Wildman–Crippen LogP) is 1.14. The van der Waals surface area contributed by atoms with Crippen LogP contribution in [0.5, 0.6) is 0 Å². The Kier molecular flexibility index (Phi) is 6.19. The van der Waals surface area contributed by atoms with Crippen molar-refractivity contribution in [1.82, 2.24) is 4.90 Å². The van der Waals surface area contributed by atoms with Crippen molar-refractivity contribution in [3.05, 3.63) is 35.9 Å². The maximum absolute atomic E-state index is 12.3. The van der Waals surface area contributed by atoms with Crippen LogP contribution >= 0.6 is 12.4 Å². The molecule has 0 radical (unpaired) electrons. The average molecular weight is 333 g/mol. The SMILES string of the molecule is CC1CS(=O)(=O)CCN1C(=O)CC(N)c1ccccc1.Cl. The summed E-state index contributed by atoms with van der Waals surface area (Å²) in [4.78, 5) is 13.9. The first-order valence-electron chi connectivity index (χ1n) is 6.69. The fourth-order valence-electron chi connectivity index (χ4n) is 2.49. The summed E-state index contributed by atoms with van der Waals surface area (Å²) in [6, 6.07) is 8.82. The van der Waals surface area contributed by atoms with Crippen molar-refractivity contribution in [2.24, 2.45) is 5.73 Å². The van der Waals surface area contributed by atoms with Crippen molar-refractivity contribution in [3.8, 4) is 0 Å². The minimum Gasteiger partial charge on any atom is -0.338 e. The van der Waals surface area contributed by atoms with Crippen LogP contribution < -0.4 is 5.73 Å². The zero-order valence-corrected chi connectivity index (χ0v) is 13.6. The van der Waals surface area contributed by atoms with Crippen LogP contribution in [0.3, 0.4) is 0 Å². The number of halogens is 1. The summed E-state index contributed by atoms with van der Waals surface area (Å²) in [6.07, 6.45) is 0.203. The Labute approximate surface area is 131 Å². The van der Waals surface area contributed by atoms with Crippen molar-refractivity contribution in [2.45, 2.75) is 25.4 Å². The molecule has 7 heteroatoms. The number of nitrogens with two attached hydrogens (primary N) is 1. The smallest absolute Gasteiger partial charge is 0.224 e. The van der Waals surface area contributed by atoms with Crippen LogP contribution in [0, 0.1) is 0 Å². The number of rotatable bonds is 3. The Morgan fingerprint density at radius 2 is 2.00 bits per heavy atom. The van der Waals surface area contributed by atoms with E-state index in [1.54, 1.807) is 11.8 Å². The highest BCUT2D eigenvalue weighted by molar-refractivity contribution is 7.91. The lowest BCUT2D eigenvalue weighted by Crippen LogP contribution is -2.50. The quantitative estimate of drug-likeness (QED) is 0.900. The maximum atomic E-state index is 12.3. The van der Waals surface area contributed by atoms with Crippen LogP contribution in [0.1, 0.15) is 24.9 Å². The van der Waals surface area contributed by atoms with Crippen molar-refractivity contribution >= 4 is 28.2 Å². The molecule has 2 rings (SSSR count). The number of hydrogen-bond donors (Lipinski definition) is 1. The summed E-state index contributed by atoms with van der Waals surface area (Å²) < 4.78 is 23.0. The van der Waals surface area contributed by atoms with Gasteiger partial charge in [0.2, 0.25) is 5.91 Å². The second-order valence-corrected chi connectivity index (χ2v) is 7.50. The third-order valence-corrected chi connectivity index (χ3v) is 5.41. The van der Waals surface area contributed by atoms with E-state index in [9.17, 15) is 13.2 Å². The molecule has 21 heavy (non-hydrogen) atoms. The fraction of sp³-hybridized carbons (Fsp3) is 0.500. The zero-order valence-electron chi connectivity index (χ0n) is 11.9. The van der Waals surface area contributed by atoms with Crippen LogP contribution in [0.15, 0.2) is 30.3 Å². The molecule has 1 aliphatic heterocycles. The predicted molar refractivity (Wildman–Crippen MR) is 85.1 cm³/mol. The second-order valence-electron chi connectivity index (χ2n) is 5.27. The first kappa shape index (κ1) is 17.9. The van der Waals surface area contributed by atoms with Crippen LogP contribution in [-0.4, -0.2) is 43.3 Å². The molecule has 1 aromatic rings. The van der Waals surface area contributed by atoms with E-state index in [1.807, 2.05) is 30.3 Å². The van der Waals surface area contributed by atoms with Gasteiger partial charge in [-0.15, -0.1) is 12.4 Å².